The molecule has 0 aromatic heterocycles. The highest BCUT2D eigenvalue weighted by molar-refractivity contribution is 5.89. The first-order valence-electron chi connectivity index (χ1n) is 8.76. The summed E-state index contributed by atoms with van der Waals surface area (Å²) < 4.78 is 12.8. The van der Waals surface area contributed by atoms with Gasteiger partial charge in [0.15, 0.2) is 0 Å². The van der Waals surface area contributed by atoms with E-state index >= 15 is 0 Å². The van der Waals surface area contributed by atoms with Crippen LogP contribution in [0.4, 0.5) is 4.39 Å². The van der Waals surface area contributed by atoms with Crippen molar-refractivity contribution in [1.82, 2.24) is 15.5 Å². The first-order valence-corrected chi connectivity index (χ1v) is 8.76. The third-order valence-electron chi connectivity index (χ3n) is 4.33. The number of hydrogen-bond acceptors (Lipinski definition) is 3. The predicted molar refractivity (Wildman–Crippen MR) is 95.7 cm³/mol. The summed E-state index contributed by atoms with van der Waals surface area (Å²) in [6.45, 7) is 6.86. The summed E-state index contributed by atoms with van der Waals surface area (Å²) in [5, 5.41) is 5.47. The molecule has 0 saturated carbocycles. The van der Waals surface area contributed by atoms with Gasteiger partial charge in [-0.3, -0.25) is 14.4 Å². The highest BCUT2D eigenvalue weighted by atomic mass is 19.1. The summed E-state index contributed by atoms with van der Waals surface area (Å²) in [4.78, 5) is 37.8. The van der Waals surface area contributed by atoms with Gasteiger partial charge in [-0.05, 0) is 38.5 Å². The summed E-state index contributed by atoms with van der Waals surface area (Å²) in [5.41, 5.74) is 0.431. The number of amides is 3. The Labute approximate surface area is 153 Å². The van der Waals surface area contributed by atoms with E-state index in [4.69, 9.17) is 0 Å². The second-order valence-electron chi connectivity index (χ2n) is 7.52. The molecule has 0 radical (unpaired) electrons. The van der Waals surface area contributed by atoms with Crippen molar-refractivity contribution in [3.63, 3.8) is 0 Å². The summed E-state index contributed by atoms with van der Waals surface area (Å²) >= 11 is 0. The molecule has 1 fully saturated rings. The molecule has 6 nitrogen and oxygen atoms in total. The van der Waals surface area contributed by atoms with Crippen LogP contribution in [0, 0.1) is 11.7 Å². The molecule has 0 bridgehead atoms. The highest BCUT2D eigenvalue weighted by Crippen LogP contribution is 2.25. The molecule has 1 saturated heterocycles. The minimum atomic E-state index is -0.350. The van der Waals surface area contributed by atoms with Crippen LogP contribution in [0.15, 0.2) is 24.3 Å². The van der Waals surface area contributed by atoms with Gasteiger partial charge in [0.1, 0.15) is 5.82 Å². The second kappa shape index (κ2) is 8.29. The van der Waals surface area contributed by atoms with Gasteiger partial charge >= 0.3 is 0 Å². The van der Waals surface area contributed by atoms with Gasteiger partial charge in [-0.1, -0.05) is 12.1 Å². The van der Waals surface area contributed by atoms with Gasteiger partial charge in [-0.25, -0.2) is 4.39 Å². The first kappa shape index (κ1) is 19.9. The smallest absolute Gasteiger partial charge is 0.225 e. The largest absolute Gasteiger partial charge is 0.354 e. The van der Waals surface area contributed by atoms with Crippen molar-refractivity contribution in [2.24, 2.45) is 5.92 Å². The minimum absolute atomic E-state index is 0.00903. The lowest BCUT2D eigenvalue weighted by Gasteiger charge is -2.31. The molecule has 1 aliphatic rings. The van der Waals surface area contributed by atoms with Gasteiger partial charge in [-0.15, -0.1) is 0 Å². The molecule has 142 valence electrons. The van der Waals surface area contributed by atoms with E-state index in [0.717, 1.165) is 5.56 Å². The molecule has 2 rings (SSSR count). The summed E-state index contributed by atoms with van der Waals surface area (Å²) in [5.74, 6) is -1.06. The van der Waals surface area contributed by atoms with Gasteiger partial charge in [0, 0.05) is 31.6 Å². The summed E-state index contributed by atoms with van der Waals surface area (Å²) in [6, 6.07) is 5.75. The number of nitrogens with one attached hydrogen (secondary N) is 2. The van der Waals surface area contributed by atoms with Gasteiger partial charge in [0.25, 0.3) is 0 Å². The van der Waals surface area contributed by atoms with Crippen molar-refractivity contribution >= 4 is 17.7 Å². The number of halogens is 1. The Morgan fingerprint density at radius 2 is 1.77 bits per heavy atom. The van der Waals surface area contributed by atoms with E-state index in [9.17, 15) is 18.8 Å². The summed E-state index contributed by atoms with van der Waals surface area (Å²) in [6.07, 6.45) is 0.381. The van der Waals surface area contributed by atoms with Crippen LogP contribution in [-0.4, -0.2) is 47.8 Å². The zero-order valence-electron chi connectivity index (χ0n) is 15.5. The van der Waals surface area contributed by atoms with E-state index in [1.165, 1.54) is 12.1 Å². The molecule has 1 heterocycles. The fourth-order valence-corrected chi connectivity index (χ4v) is 2.91. The summed E-state index contributed by atoms with van der Waals surface area (Å²) in [7, 11) is 0. The van der Waals surface area contributed by atoms with Crippen molar-refractivity contribution in [3.8, 4) is 0 Å². The third-order valence-corrected chi connectivity index (χ3v) is 4.33. The molecular formula is C19H26FN3O3. The third kappa shape index (κ3) is 5.54. The van der Waals surface area contributed by atoms with Crippen LogP contribution in [0.25, 0.3) is 0 Å². The standard InChI is InChI=1S/C19H26FN3O3/c1-19(2,3)23-12-14(11-17(23)25)18(26)22-9-8-21-16(24)10-13-4-6-15(20)7-5-13/h4-7,14H,8-12H2,1-3H3,(H,21,24)(H,22,26). The molecule has 1 unspecified atom stereocenters. The molecule has 1 aromatic rings. The quantitative estimate of drug-likeness (QED) is 0.747. The number of carbonyl (C=O) groups excluding carboxylic acids is 3. The Morgan fingerprint density at radius 3 is 2.35 bits per heavy atom. The Balaban J connectivity index is 1.68. The normalized spacial score (nSPS) is 17.3. The van der Waals surface area contributed by atoms with E-state index < -0.39 is 0 Å². The van der Waals surface area contributed by atoms with Gasteiger partial charge in [0.05, 0.1) is 12.3 Å². The zero-order valence-corrected chi connectivity index (χ0v) is 15.5. The maximum absolute atomic E-state index is 12.8. The number of carbonyl (C=O) groups is 3. The molecule has 0 spiro atoms. The van der Waals surface area contributed by atoms with Crippen molar-refractivity contribution in [2.45, 2.75) is 39.2 Å². The second-order valence-corrected chi connectivity index (χ2v) is 7.52. The lowest BCUT2D eigenvalue weighted by molar-refractivity contribution is -0.132. The first-order chi connectivity index (χ1) is 12.2. The lowest BCUT2D eigenvalue weighted by Crippen LogP contribution is -2.43. The van der Waals surface area contributed by atoms with E-state index in [2.05, 4.69) is 10.6 Å². The van der Waals surface area contributed by atoms with E-state index in [0.29, 0.717) is 19.6 Å². The van der Waals surface area contributed by atoms with Crippen LogP contribution < -0.4 is 10.6 Å². The molecule has 0 aliphatic carbocycles. The monoisotopic (exact) mass is 363 g/mol. The van der Waals surface area contributed by atoms with Crippen LogP contribution >= 0.6 is 0 Å². The van der Waals surface area contributed by atoms with Gasteiger partial charge in [0.2, 0.25) is 17.7 Å². The molecule has 7 heteroatoms. The predicted octanol–water partition coefficient (Wildman–Crippen LogP) is 1.25. The topological polar surface area (TPSA) is 78.5 Å². The van der Waals surface area contributed by atoms with Crippen molar-refractivity contribution < 1.29 is 18.8 Å². The van der Waals surface area contributed by atoms with Crippen LogP contribution in [0.3, 0.4) is 0 Å². The van der Waals surface area contributed by atoms with Crippen molar-refractivity contribution in [2.75, 3.05) is 19.6 Å². The van der Waals surface area contributed by atoms with E-state index in [1.807, 2.05) is 20.8 Å². The number of rotatable bonds is 6. The Hall–Kier alpha value is -2.44. The van der Waals surface area contributed by atoms with Gasteiger partial charge < -0.3 is 15.5 Å². The van der Waals surface area contributed by atoms with Crippen LogP contribution in [0.2, 0.25) is 0 Å². The molecule has 2 N–H and O–H groups in total. The number of benzene rings is 1. The maximum Gasteiger partial charge on any atom is 0.225 e. The van der Waals surface area contributed by atoms with E-state index in [-0.39, 0.29) is 47.8 Å². The minimum Gasteiger partial charge on any atom is -0.354 e. The molecule has 3 amide bonds. The number of hydrogen-bond donors (Lipinski definition) is 2. The Kier molecular flexibility index (Phi) is 6.34. The number of likely N-dealkylation sites (tertiary alicyclic amines) is 1. The SMILES string of the molecule is CC(C)(C)N1CC(C(=O)NCCNC(=O)Cc2ccc(F)cc2)CC1=O. The molecule has 1 aliphatic heterocycles. The zero-order chi connectivity index (χ0) is 19.3. The van der Waals surface area contributed by atoms with Crippen LogP contribution in [0.1, 0.15) is 32.8 Å². The van der Waals surface area contributed by atoms with Crippen LogP contribution in [0.5, 0.6) is 0 Å². The fraction of sp³-hybridized carbons (Fsp3) is 0.526. The molecule has 1 atom stereocenters. The molecule has 26 heavy (non-hydrogen) atoms. The number of nitrogens with zero attached hydrogens (tertiary/aromatic N) is 1. The fourth-order valence-electron chi connectivity index (χ4n) is 2.91. The Bertz CT molecular complexity index is 668. The average Bonchev–Trinajstić information content (AvgIpc) is 2.96. The molecular weight excluding hydrogens is 337 g/mol. The van der Waals surface area contributed by atoms with Crippen LogP contribution in [-0.2, 0) is 20.8 Å². The Morgan fingerprint density at radius 1 is 1.15 bits per heavy atom. The van der Waals surface area contributed by atoms with E-state index in [1.54, 1.807) is 17.0 Å². The van der Waals surface area contributed by atoms with Crippen molar-refractivity contribution in [3.05, 3.63) is 35.6 Å². The molecule has 1 aromatic carbocycles. The maximum atomic E-state index is 12.8. The highest BCUT2D eigenvalue weighted by Gasteiger charge is 2.39. The van der Waals surface area contributed by atoms with Gasteiger partial charge in [-0.2, -0.15) is 0 Å². The van der Waals surface area contributed by atoms with Crippen molar-refractivity contribution in [1.29, 1.82) is 0 Å². The average molecular weight is 363 g/mol. The lowest BCUT2D eigenvalue weighted by atomic mass is 10.1.